The van der Waals surface area contributed by atoms with Crippen molar-refractivity contribution in [3.8, 4) is 11.3 Å². The highest BCUT2D eigenvalue weighted by Crippen LogP contribution is 2.29. The minimum absolute atomic E-state index is 0.0204. The van der Waals surface area contributed by atoms with Gasteiger partial charge in [-0.15, -0.1) is 0 Å². The highest BCUT2D eigenvalue weighted by Gasteiger charge is 2.39. The topological polar surface area (TPSA) is 75.2 Å². The van der Waals surface area contributed by atoms with E-state index in [1.807, 2.05) is 48.0 Å². The average Bonchev–Trinajstić information content (AvgIpc) is 3.30. The van der Waals surface area contributed by atoms with E-state index in [2.05, 4.69) is 16.0 Å². The fourth-order valence-electron chi connectivity index (χ4n) is 4.18. The average molecular weight is 352 g/mol. The van der Waals surface area contributed by atoms with Crippen molar-refractivity contribution in [2.45, 2.75) is 44.3 Å². The summed E-state index contributed by atoms with van der Waals surface area (Å²) in [5, 5.41) is 9.50. The standard InChI is InChI=1S/C20H24N4O2/c1-12(25)21-14-5-3-13(4-6-14)18-9-10-19(24(18)2)20(26)23-17-11-15-7-8-16(17)22-15/h3-6,9-10,15-17,22H,7-8,11H2,1-2H3,(H,21,25)(H,23,26)/t15-,16+,17-/m1/s1. The van der Waals surface area contributed by atoms with Gasteiger partial charge in [0.2, 0.25) is 5.91 Å². The molecule has 2 saturated heterocycles. The maximum Gasteiger partial charge on any atom is 0.268 e. The molecule has 0 radical (unpaired) electrons. The molecule has 2 aliphatic rings. The summed E-state index contributed by atoms with van der Waals surface area (Å²) in [5.41, 5.74) is 3.39. The molecular weight excluding hydrogens is 328 g/mol. The first-order chi connectivity index (χ1) is 12.5. The zero-order chi connectivity index (χ0) is 18.3. The number of hydrogen-bond acceptors (Lipinski definition) is 3. The fourth-order valence-corrected chi connectivity index (χ4v) is 4.18. The van der Waals surface area contributed by atoms with Crippen molar-refractivity contribution in [3.63, 3.8) is 0 Å². The molecule has 4 rings (SSSR count). The lowest BCUT2D eigenvalue weighted by molar-refractivity contribution is -0.114. The van der Waals surface area contributed by atoms with Crippen LogP contribution in [0.1, 0.15) is 36.7 Å². The summed E-state index contributed by atoms with van der Waals surface area (Å²) in [6.45, 7) is 1.49. The Morgan fingerprint density at radius 2 is 1.88 bits per heavy atom. The van der Waals surface area contributed by atoms with Crippen LogP contribution in [0.4, 0.5) is 5.69 Å². The Labute approximate surface area is 153 Å². The highest BCUT2D eigenvalue weighted by molar-refractivity contribution is 5.94. The van der Waals surface area contributed by atoms with E-state index >= 15 is 0 Å². The number of carbonyl (C=O) groups is 2. The molecule has 3 N–H and O–H groups in total. The lowest BCUT2D eigenvalue weighted by Gasteiger charge is -2.21. The summed E-state index contributed by atoms with van der Waals surface area (Å²) in [5.74, 6) is -0.112. The van der Waals surface area contributed by atoms with Crippen molar-refractivity contribution in [1.82, 2.24) is 15.2 Å². The first kappa shape index (κ1) is 16.8. The summed E-state index contributed by atoms with van der Waals surface area (Å²) < 4.78 is 1.92. The van der Waals surface area contributed by atoms with Gasteiger partial charge in [-0.25, -0.2) is 0 Å². The van der Waals surface area contributed by atoms with E-state index in [9.17, 15) is 9.59 Å². The zero-order valence-corrected chi connectivity index (χ0v) is 15.1. The van der Waals surface area contributed by atoms with Gasteiger partial charge in [-0.05, 0) is 49.1 Å². The molecule has 26 heavy (non-hydrogen) atoms. The second kappa shape index (κ2) is 6.61. The van der Waals surface area contributed by atoms with Gasteiger partial charge in [0.1, 0.15) is 5.69 Å². The molecule has 6 nitrogen and oxygen atoms in total. The lowest BCUT2D eigenvalue weighted by atomic mass is 9.95. The Bertz CT molecular complexity index is 840. The number of nitrogens with one attached hydrogen (secondary N) is 3. The van der Waals surface area contributed by atoms with Crippen LogP contribution in [-0.2, 0) is 11.8 Å². The SMILES string of the molecule is CC(=O)Nc1ccc(-c2ccc(C(=O)N[C@@H]3C[C@H]4CC[C@@H]3N4)n2C)cc1. The molecule has 3 heterocycles. The maximum atomic E-state index is 12.7. The summed E-state index contributed by atoms with van der Waals surface area (Å²) in [6, 6.07) is 12.7. The van der Waals surface area contributed by atoms with Crippen molar-refractivity contribution >= 4 is 17.5 Å². The minimum atomic E-state index is -0.0920. The van der Waals surface area contributed by atoms with Crippen LogP contribution in [-0.4, -0.2) is 34.5 Å². The van der Waals surface area contributed by atoms with Gasteiger partial charge in [-0.3, -0.25) is 9.59 Å². The number of amides is 2. The van der Waals surface area contributed by atoms with Crippen LogP contribution >= 0.6 is 0 Å². The van der Waals surface area contributed by atoms with Crippen LogP contribution in [0.3, 0.4) is 0 Å². The van der Waals surface area contributed by atoms with Gasteiger partial charge in [0, 0.05) is 43.5 Å². The number of carbonyl (C=O) groups excluding carboxylic acids is 2. The quantitative estimate of drug-likeness (QED) is 0.790. The smallest absolute Gasteiger partial charge is 0.268 e. The molecular formula is C20H24N4O2. The number of rotatable bonds is 4. The molecule has 136 valence electrons. The predicted octanol–water partition coefficient (Wildman–Crippen LogP) is 2.27. The van der Waals surface area contributed by atoms with E-state index in [-0.39, 0.29) is 17.9 Å². The van der Waals surface area contributed by atoms with Crippen LogP contribution in [0, 0.1) is 0 Å². The van der Waals surface area contributed by atoms with Crippen molar-refractivity contribution in [2.75, 3.05) is 5.32 Å². The van der Waals surface area contributed by atoms with E-state index in [4.69, 9.17) is 0 Å². The van der Waals surface area contributed by atoms with Crippen LogP contribution in [0.25, 0.3) is 11.3 Å². The van der Waals surface area contributed by atoms with Crippen LogP contribution in [0.5, 0.6) is 0 Å². The van der Waals surface area contributed by atoms with E-state index in [1.54, 1.807) is 0 Å². The molecule has 0 aliphatic carbocycles. The van der Waals surface area contributed by atoms with E-state index < -0.39 is 0 Å². The second-order valence-electron chi connectivity index (χ2n) is 7.28. The molecule has 0 spiro atoms. The van der Waals surface area contributed by atoms with E-state index in [1.165, 1.54) is 13.3 Å². The van der Waals surface area contributed by atoms with E-state index in [0.717, 1.165) is 29.8 Å². The summed E-state index contributed by atoms with van der Waals surface area (Å²) in [7, 11) is 1.91. The monoisotopic (exact) mass is 352 g/mol. The Kier molecular flexibility index (Phi) is 4.28. The van der Waals surface area contributed by atoms with Gasteiger partial charge in [0.05, 0.1) is 0 Å². The Morgan fingerprint density at radius 1 is 1.12 bits per heavy atom. The number of nitrogens with zero attached hydrogens (tertiary/aromatic N) is 1. The van der Waals surface area contributed by atoms with Gasteiger partial charge >= 0.3 is 0 Å². The third-order valence-electron chi connectivity index (χ3n) is 5.47. The largest absolute Gasteiger partial charge is 0.346 e. The molecule has 1 aromatic carbocycles. The summed E-state index contributed by atoms with van der Waals surface area (Å²) in [6.07, 6.45) is 3.40. The molecule has 2 aliphatic heterocycles. The first-order valence-corrected chi connectivity index (χ1v) is 9.12. The summed E-state index contributed by atoms with van der Waals surface area (Å²) >= 11 is 0. The van der Waals surface area contributed by atoms with Gasteiger partial charge in [0.25, 0.3) is 5.91 Å². The molecule has 0 unspecified atom stereocenters. The third kappa shape index (κ3) is 3.12. The lowest BCUT2D eigenvalue weighted by Crippen LogP contribution is -2.43. The van der Waals surface area contributed by atoms with Gasteiger partial charge in [-0.2, -0.15) is 0 Å². The van der Waals surface area contributed by atoms with Gasteiger partial charge in [0.15, 0.2) is 0 Å². The second-order valence-corrected chi connectivity index (χ2v) is 7.28. The summed E-state index contributed by atoms with van der Waals surface area (Å²) in [4.78, 5) is 23.8. The molecule has 2 aromatic rings. The fraction of sp³-hybridized carbons (Fsp3) is 0.400. The van der Waals surface area contributed by atoms with E-state index in [0.29, 0.717) is 17.8 Å². The zero-order valence-electron chi connectivity index (χ0n) is 15.1. The van der Waals surface area contributed by atoms with Gasteiger partial charge < -0.3 is 20.5 Å². The number of benzene rings is 1. The van der Waals surface area contributed by atoms with Crippen LogP contribution in [0.15, 0.2) is 36.4 Å². The third-order valence-corrected chi connectivity index (χ3v) is 5.47. The number of aromatic nitrogens is 1. The van der Waals surface area contributed by atoms with Crippen molar-refractivity contribution in [2.24, 2.45) is 7.05 Å². The number of anilines is 1. The molecule has 0 saturated carbocycles. The molecule has 2 amide bonds. The van der Waals surface area contributed by atoms with Crippen molar-refractivity contribution in [3.05, 3.63) is 42.1 Å². The van der Waals surface area contributed by atoms with Crippen molar-refractivity contribution < 1.29 is 9.59 Å². The molecule has 1 aromatic heterocycles. The van der Waals surface area contributed by atoms with Crippen LogP contribution in [0.2, 0.25) is 0 Å². The van der Waals surface area contributed by atoms with Crippen molar-refractivity contribution in [1.29, 1.82) is 0 Å². The predicted molar refractivity (Wildman–Crippen MR) is 101 cm³/mol. The molecule has 6 heteroatoms. The Morgan fingerprint density at radius 3 is 2.50 bits per heavy atom. The molecule has 3 atom stereocenters. The maximum absolute atomic E-state index is 12.7. The van der Waals surface area contributed by atoms with Gasteiger partial charge in [-0.1, -0.05) is 12.1 Å². The molecule has 2 fully saturated rings. The Hall–Kier alpha value is -2.60. The van der Waals surface area contributed by atoms with Crippen LogP contribution < -0.4 is 16.0 Å². The Balaban J connectivity index is 1.49. The highest BCUT2D eigenvalue weighted by atomic mass is 16.2. The number of fused-ring (bicyclic) bond motifs is 2. The normalized spacial score (nSPS) is 23.8. The minimum Gasteiger partial charge on any atom is -0.346 e. The first-order valence-electron chi connectivity index (χ1n) is 9.12. The molecule has 2 bridgehead atoms. The number of hydrogen-bond donors (Lipinski definition) is 3.